The van der Waals surface area contributed by atoms with Gasteiger partial charge in [-0.1, -0.05) is 0 Å². The van der Waals surface area contributed by atoms with E-state index in [1.54, 1.807) is 0 Å². The molecule has 0 spiro atoms. The first kappa shape index (κ1) is 12.7. The molecule has 76 valence electrons. The Labute approximate surface area is 82.8 Å². The normalized spacial score (nSPS) is 15.6. The van der Waals surface area contributed by atoms with Gasteiger partial charge in [0.1, 0.15) is 0 Å². The first-order valence-corrected chi connectivity index (χ1v) is 9.33. The molecule has 0 radical (unpaired) electrons. The van der Waals surface area contributed by atoms with Crippen molar-refractivity contribution >= 4 is 17.2 Å². The average Bonchev–Trinajstić information content (AvgIpc) is 1.86. The number of hydrogen-bond donors (Lipinski definition) is 0. The fraction of sp³-hybridized carbons (Fsp3) is 1.00. The summed E-state index contributed by atoms with van der Waals surface area (Å²) in [7, 11) is 0. The predicted molar refractivity (Wildman–Crippen MR) is 64.2 cm³/mol. The van der Waals surface area contributed by atoms with E-state index in [0.717, 1.165) is 0 Å². The molecule has 0 nitrogen and oxygen atoms in total. The van der Waals surface area contributed by atoms with E-state index in [9.17, 15) is 0 Å². The summed E-state index contributed by atoms with van der Waals surface area (Å²) in [6, 6.07) is 0. The van der Waals surface area contributed by atoms with Gasteiger partial charge in [-0.2, -0.15) is 0 Å². The van der Waals surface area contributed by atoms with Gasteiger partial charge in [0, 0.05) is 0 Å². The van der Waals surface area contributed by atoms with Crippen LogP contribution >= 0.6 is 17.2 Å². The minimum absolute atomic E-state index is 1.25. The summed E-state index contributed by atoms with van der Waals surface area (Å²) < 4.78 is 0. The van der Waals surface area contributed by atoms with Crippen LogP contribution < -0.4 is 0 Å². The van der Waals surface area contributed by atoms with Crippen LogP contribution in [0, 0.1) is 0 Å². The second kappa shape index (κ2) is 4.82. The zero-order valence-electron chi connectivity index (χ0n) is 9.07. The maximum absolute atomic E-state index is 6.83. The minimum atomic E-state index is -1.74. The molecule has 0 aliphatic carbocycles. The first-order chi connectivity index (χ1) is 5.46. The molecule has 0 rings (SSSR count). The zero-order valence-corrected chi connectivity index (χ0v) is 10.7. The Balaban J connectivity index is 4.31. The molecule has 0 aromatic heterocycles. The summed E-state index contributed by atoms with van der Waals surface area (Å²) in [5.41, 5.74) is 0. The van der Waals surface area contributed by atoms with Gasteiger partial charge in [0.25, 0.3) is 0 Å². The van der Waals surface area contributed by atoms with Crippen molar-refractivity contribution in [2.75, 3.05) is 25.2 Å². The van der Waals surface area contributed by atoms with Crippen molar-refractivity contribution in [2.24, 2.45) is 0 Å². The van der Waals surface area contributed by atoms with Crippen molar-refractivity contribution < 1.29 is 0 Å². The molecule has 12 heavy (non-hydrogen) atoms. The van der Waals surface area contributed by atoms with Crippen LogP contribution in [0.2, 0.25) is 0 Å². The number of rotatable bonds is 6. The molecular formula is C10H24ClP. The Hall–Kier alpha value is 0.720. The Morgan fingerprint density at radius 2 is 1.08 bits per heavy atom. The van der Waals surface area contributed by atoms with Crippen LogP contribution in [0.3, 0.4) is 0 Å². The number of hydrogen-bond acceptors (Lipinski definition) is 0. The van der Waals surface area contributed by atoms with Gasteiger partial charge < -0.3 is 0 Å². The molecule has 0 heterocycles. The molecule has 0 aliphatic rings. The Bertz CT molecular complexity index is 108. The molecule has 0 bridgehead atoms. The van der Waals surface area contributed by atoms with Crippen molar-refractivity contribution in [3.05, 3.63) is 0 Å². The van der Waals surface area contributed by atoms with Crippen molar-refractivity contribution in [1.82, 2.24) is 0 Å². The Kier molecular flexibility index (Phi) is 5.11. The van der Waals surface area contributed by atoms with Crippen molar-refractivity contribution in [2.45, 2.75) is 40.0 Å². The van der Waals surface area contributed by atoms with E-state index >= 15 is 0 Å². The van der Waals surface area contributed by atoms with E-state index in [-0.39, 0.29) is 0 Å². The van der Waals surface area contributed by atoms with Crippen LogP contribution in [-0.4, -0.2) is 25.2 Å². The van der Waals surface area contributed by atoms with Gasteiger partial charge in [-0.3, -0.25) is 0 Å². The Morgan fingerprint density at radius 1 is 0.833 bits per heavy atom. The van der Waals surface area contributed by atoms with E-state index in [1.165, 1.54) is 37.7 Å². The molecule has 0 aliphatic heterocycles. The SMILES string of the molecule is CCCP(C)(Cl)(CCC)CCC. The second-order valence-electron chi connectivity index (χ2n) is 4.32. The molecule has 0 amide bonds. The van der Waals surface area contributed by atoms with Gasteiger partial charge in [0.15, 0.2) is 0 Å². The van der Waals surface area contributed by atoms with Crippen molar-refractivity contribution in [3.8, 4) is 0 Å². The third-order valence-electron chi connectivity index (χ3n) is 2.54. The van der Waals surface area contributed by atoms with E-state index in [2.05, 4.69) is 27.4 Å². The van der Waals surface area contributed by atoms with E-state index in [1.807, 2.05) is 0 Å². The third-order valence-corrected chi connectivity index (χ3v) is 9.15. The standard InChI is InChI=1S/C10H24ClP/c1-5-8-12(4,11,9-6-2)10-7-3/h5-10H2,1-4H3. The molecule has 0 N–H and O–H groups in total. The average molecular weight is 211 g/mol. The Morgan fingerprint density at radius 3 is 1.25 bits per heavy atom. The predicted octanol–water partition coefficient (Wildman–Crippen LogP) is 4.55. The summed E-state index contributed by atoms with van der Waals surface area (Å²) in [4.78, 5) is 0. The summed E-state index contributed by atoms with van der Waals surface area (Å²) in [6.07, 6.45) is 7.56. The molecule has 2 heteroatoms. The third kappa shape index (κ3) is 4.10. The van der Waals surface area contributed by atoms with Crippen molar-refractivity contribution in [1.29, 1.82) is 0 Å². The maximum atomic E-state index is 6.83. The van der Waals surface area contributed by atoms with Gasteiger partial charge >= 0.3 is 82.4 Å². The van der Waals surface area contributed by atoms with E-state index in [4.69, 9.17) is 11.2 Å². The topological polar surface area (TPSA) is 0 Å². The molecule has 0 fully saturated rings. The van der Waals surface area contributed by atoms with Gasteiger partial charge in [0.05, 0.1) is 0 Å². The molecule has 0 aromatic carbocycles. The fourth-order valence-electron chi connectivity index (χ4n) is 2.21. The molecular weight excluding hydrogens is 187 g/mol. The van der Waals surface area contributed by atoms with E-state index in [0.29, 0.717) is 0 Å². The van der Waals surface area contributed by atoms with Crippen LogP contribution in [0.15, 0.2) is 0 Å². The summed E-state index contributed by atoms with van der Waals surface area (Å²) in [5.74, 6) is -1.74. The monoisotopic (exact) mass is 210 g/mol. The van der Waals surface area contributed by atoms with Crippen LogP contribution in [0.25, 0.3) is 0 Å². The van der Waals surface area contributed by atoms with Crippen molar-refractivity contribution in [3.63, 3.8) is 0 Å². The molecule has 0 unspecified atom stereocenters. The first-order valence-electron chi connectivity index (χ1n) is 5.19. The molecule has 0 aromatic rings. The zero-order chi connectivity index (χ0) is 9.69. The molecule has 0 saturated carbocycles. The van der Waals surface area contributed by atoms with Crippen LogP contribution in [0.1, 0.15) is 40.0 Å². The van der Waals surface area contributed by atoms with Gasteiger partial charge in [0.2, 0.25) is 0 Å². The molecule has 0 saturated heterocycles. The van der Waals surface area contributed by atoms with E-state index < -0.39 is 5.96 Å². The van der Waals surface area contributed by atoms with Gasteiger partial charge in [-0.25, -0.2) is 0 Å². The quantitative estimate of drug-likeness (QED) is 0.564. The van der Waals surface area contributed by atoms with Gasteiger partial charge in [-0.05, 0) is 0 Å². The number of halogens is 1. The molecule has 0 atom stereocenters. The summed E-state index contributed by atoms with van der Waals surface area (Å²) in [5, 5.41) is 0. The summed E-state index contributed by atoms with van der Waals surface area (Å²) in [6.45, 7) is 9.11. The second-order valence-corrected chi connectivity index (χ2v) is 13.1. The van der Waals surface area contributed by atoms with Gasteiger partial charge in [-0.15, -0.1) is 0 Å². The fourth-order valence-corrected chi connectivity index (χ4v) is 8.15. The van der Waals surface area contributed by atoms with Crippen LogP contribution in [0.5, 0.6) is 0 Å². The summed E-state index contributed by atoms with van der Waals surface area (Å²) >= 11 is 6.83. The van der Waals surface area contributed by atoms with Crippen LogP contribution in [0.4, 0.5) is 0 Å². The van der Waals surface area contributed by atoms with Crippen LogP contribution in [-0.2, 0) is 0 Å².